The third-order valence-corrected chi connectivity index (χ3v) is 6.65. The molecule has 0 amide bonds. The van der Waals surface area contributed by atoms with Crippen molar-refractivity contribution in [1.29, 1.82) is 0 Å². The molecule has 0 aliphatic carbocycles. The summed E-state index contributed by atoms with van der Waals surface area (Å²) in [5.41, 5.74) is 3.44. The largest absolute Gasteiger partial charge is 0.368 e. The first-order chi connectivity index (χ1) is 15.8. The van der Waals surface area contributed by atoms with Crippen LogP contribution in [-0.4, -0.2) is 40.9 Å². The van der Waals surface area contributed by atoms with Gasteiger partial charge in [0.25, 0.3) is 0 Å². The summed E-state index contributed by atoms with van der Waals surface area (Å²) >= 11 is 1.62. The van der Waals surface area contributed by atoms with Crippen molar-refractivity contribution in [3.05, 3.63) is 90.0 Å². The van der Waals surface area contributed by atoms with Gasteiger partial charge in [-0.1, -0.05) is 41.7 Å². The minimum Gasteiger partial charge on any atom is -0.368 e. The average Bonchev–Trinajstić information content (AvgIpc) is 3.51. The normalized spacial score (nSPS) is 14.2. The first kappa shape index (κ1) is 20.7. The molecule has 1 aliphatic rings. The van der Waals surface area contributed by atoms with E-state index in [9.17, 15) is 4.39 Å². The van der Waals surface area contributed by atoms with Gasteiger partial charge in [-0.15, -0.1) is 10.2 Å². The third-order valence-electron chi connectivity index (χ3n) is 5.66. The van der Waals surface area contributed by atoms with E-state index in [4.69, 9.17) is 0 Å². The zero-order valence-electron chi connectivity index (χ0n) is 17.7. The summed E-state index contributed by atoms with van der Waals surface area (Å²) in [6.45, 7) is 5.18. The number of nitrogens with zero attached hydrogens (tertiary/aromatic N) is 5. The molecule has 1 saturated heterocycles. The van der Waals surface area contributed by atoms with Gasteiger partial charge in [0.1, 0.15) is 5.82 Å². The van der Waals surface area contributed by atoms with E-state index in [0.29, 0.717) is 13.1 Å². The van der Waals surface area contributed by atoms with Crippen molar-refractivity contribution in [2.24, 2.45) is 0 Å². The van der Waals surface area contributed by atoms with Gasteiger partial charge in [0.15, 0.2) is 0 Å². The number of rotatable bonds is 7. The number of aromatic nitrogens is 3. The van der Waals surface area contributed by atoms with Crippen LogP contribution in [0.2, 0.25) is 0 Å². The highest BCUT2D eigenvalue weighted by atomic mass is 32.1. The number of anilines is 2. The second-order valence-corrected chi connectivity index (χ2v) is 8.71. The molecule has 4 aromatic rings. The van der Waals surface area contributed by atoms with Crippen LogP contribution in [0.4, 0.5) is 15.2 Å². The van der Waals surface area contributed by atoms with E-state index in [1.54, 1.807) is 23.5 Å². The number of hydrogen-bond acceptors (Lipinski definition) is 6. The van der Waals surface area contributed by atoms with Crippen molar-refractivity contribution in [3.63, 3.8) is 0 Å². The summed E-state index contributed by atoms with van der Waals surface area (Å²) in [5, 5.41) is 14.2. The molecule has 6 nitrogen and oxygen atoms in total. The zero-order valence-corrected chi connectivity index (χ0v) is 18.5. The zero-order chi connectivity index (χ0) is 21.8. The van der Waals surface area contributed by atoms with Gasteiger partial charge in [0, 0.05) is 56.8 Å². The smallest absolute Gasteiger partial charge is 0.218 e. The lowest BCUT2D eigenvalue weighted by Gasteiger charge is -2.35. The Morgan fingerprint density at radius 3 is 2.28 bits per heavy atom. The van der Waals surface area contributed by atoms with Crippen molar-refractivity contribution in [3.8, 4) is 5.13 Å². The Labute approximate surface area is 190 Å². The van der Waals surface area contributed by atoms with Crippen molar-refractivity contribution in [1.82, 2.24) is 20.1 Å². The fraction of sp³-hybridized carbons (Fsp3) is 0.250. The Kier molecular flexibility index (Phi) is 6.13. The van der Waals surface area contributed by atoms with Crippen LogP contribution in [-0.2, 0) is 13.1 Å². The predicted octanol–water partition coefficient (Wildman–Crippen LogP) is 4.08. The maximum absolute atomic E-state index is 13.1. The number of benzene rings is 2. The molecule has 5 rings (SSSR count). The molecule has 0 unspecified atom stereocenters. The van der Waals surface area contributed by atoms with E-state index in [0.717, 1.165) is 47.7 Å². The minimum absolute atomic E-state index is 0.212. The second kappa shape index (κ2) is 9.50. The molecule has 1 aliphatic heterocycles. The molecule has 0 radical (unpaired) electrons. The summed E-state index contributed by atoms with van der Waals surface area (Å²) in [5.74, 6) is -0.212. The molecule has 0 saturated carbocycles. The maximum atomic E-state index is 13.1. The quantitative estimate of drug-likeness (QED) is 0.462. The van der Waals surface area contributed by atoms with Crippen molar-refractivity contribution >= 4 is 22.2 Å². The summed E-state index contributed by atoms with van der Waals surface area (Å²) in [6, 6.07) is 21.2. The Morgan fingerprint density at radius 1 is 0.781 bits per heavy atom. The van der Waals surface area contributed by atoms with Gasteiger partial charge < -0.3 is 15.1 Å². The molecule has 1 fully saturated rings. The summed E-state index contributed by atoms with van der Waals surface area (Å²) < 4.78 is 15.1. The van der Waals surface area contributed by atoms with Crippen molar-refractivity contribution in [2.45, 2.75) is 13.1 Å². The van der Waals surface area contributed by atoms with E-state index < -0.39 is 0 Å². The molecule has 8 heteroatoms. The Hall–Kier alpha value is -3.23. The van der Waals surface area contributed by atoms with Crippen LogP contribution in [0.1, 0.15) is 11.3 Å². The first-order valence-electron chi connectivity index (χ1n) is 10.8. The standard InChI is InChI=1S/C24H25FN6S/c25-20-10-8-19(9-11-20)17-26-18-22-7-4-12-31(22)24-28-27-23(32-24)30-15-13-29(14-16-30)21-5-2-1-3-6-21/h1-12,26H,13-18H2. The summed E-state index contributed by atoms with van der Waals surface area (Å²) in [4.78, 5) is 4.73. The molecule has 164 valence electrons. The molecule has 0 bridgehead atoms. The lowest BCUT2D eigenvalue weighted by Crippen LogP contribution is -2.46. The van der Waals surface area contributed by atoms with Gasteiger partial charge >= 0.3 is 0 Å². The number of piperazine rings is 1. The van der Waals surface area contributed by atoms with E-state index in [-0.39, 0.29) is 5.82 Å². The molecular weight excluding hydrogens is 423 g/mol. The molecule has 1 N–H and O–H groups in total. The second-order valence-electron chi connectivity index (χ2n) is 7.78. The van der Waals surface area contributed by atoms with Crippen molar-refractivity contribution < 1.29 is 4.39 Å². The highest BCUT2D eigenvalue weighted by Gasteiger charge is 2.21. The fourth-order valence-electron chi connectivity index (χ4n) is 3.91. The first-order valence-corrected chi connectivity index (χ1v) is 11.6. The van der Waals surface area contributed by atoms with Gasteiger partial charge in [-0.2, -0.15) is 0 Å². The number of halogens is 1. The van der Waals surface area contributed by atoms with Gasteiger partial charge in [-0.25, -0.2) is 4.39 Å². The van der Waals surface area contributed by atoms with E-state index in [1.807, 2.05) is 12.3 Å². The molecular formula is C24H25FN6S. The molecule has 2 aromatic heterocycles. The molecule has 0 atom stereocenters. The molecule has 0 spiro atoms. The topological polar surface area (TPSA) is 49.2 Å². The highest BCUT2D eigenvalue weighted by Crippen LogP contribution is 2.26. The monoisotopic (exact) mass is 448 g/mol. The maximum Gasteiger partial charge on any atom is 0.218 e. The van der Waals surface area contributed by atoms with Crippen LogP contribution in [0.15, 0.2) is 72.9 Å². The van der Waals surface area contributed by atoms with E-state index >= 15 is 0 Å². The molecule has 3 heterocycles. The van der Waals surface area contributed by atoms with Crippen LogP contribution in [0.3, 0.4) is 0 Å². The lowest BCUT2D eigenvalue weighted by molar-refractivity contribution is 0.624. The SMILES string of the molecule is Fc1ccc(CNCc2cccn2-c2nnc(N3CCN(c4ccccc4)CC3)s2)cc1. The minimum atomic E-state index is -0.212. The third kappa shape index (κ3) is 4.66. The van der Waals surface area contributed by atoms with E-state index in [1.165, 1.54) is 17.8 Å². The summed E-state index contributed by atoms with van der Waals surface area (Å²) in [6.07, 6.45) is 2.02. The summed E-state index contributed by atoms with van der Waals surface area (Å²) in [7, 11) is 0. The predicted molar refractivity (Wildman–Crippen MR) is 127 cm³/mol. The van der Waals surface area contributed by atoms with Gasteiger partial charge in [0.05, 0.1) is 0 Å². The average molecular weight is 449 g/mol. The molecule has 2 aromatic carbocycles. The number of para-hydroxylation sites is 1. The van der Waals surface area contributed by atoms with Crippen molar-refractivity contribution in [2.75, 3.05) is 36.0 Å². The van der Waals surface area contributed by atoms with Crippen LogP contribution in [0, 0.1) is 5.82 Å². The fourth-order valence-corrected chi connectivity index (χ4v) is 4.83. The van der Waals surface area contributed by atoms with Crippen LogP contribution in [0.25, 0.3) is 5.13 Å². The Bertz CT molecular complexity index is 1130. The van der Waals surface area contributed by atoms with Gasteiger partial charge in [0.2, 0.25) is 10.3 Å². The number of nitrogens with one attached hydrogen (secondary N) is 1. The van der Waals surface area contributed by atoms with Gasteiger partial charge in [-0.3, -0.25) is 4.57 Å². The highest BCUT2D eigenvalue weighted by molar-refractivity contribution is 7.17. The van der Waals surface area contributed by atoms with E-state index in [2.05, 4.69) is 66.3 Å². The number of hydrogen-bond donors (Lipinski definition) is 1. The van der Waals surface area contributed by atoms with Crippen LogP contribution >= 0.6 is 11.3 Å². The van der Waals surface area contributed by atoms with Crippen LogP contribution < -0.4 is 15.1 Å². The lowest BCUT2D eigenvalue weighted by atomic mass is 10.2. The Balaban J connectivity index is 1.19. The molecule has 32 heavy (non-hydrogen) atoms. The Morgan fingerprint density at radius 2 is 1.50 bits per heavy atom. The van der Waals surface area contributed by atoms with Crippen LogP contribution in [0.5, 0.6) is 0 Å². The van der Waals surface area contributed by atoms with Gasteiger partial charge in [-0.05, 0) is 42.0 Å².